The number of rotatable bonds is 11. The van der Waals surface area contributed by atoms with E-state index >= 15 is 0 Å². The van der Waals surface area contributed by atoms with Crippen molar-refractivity contribution in [3.05, 3.63) is 41.1 Å². The normalized spacial score (nSPS) is 15.1. The zero-order valence-corrected chi connectivity index (χ0v) is 17.9. The number of aliphatic hydroxyl groups excluding tert-OH is 1. The summed E-state index contributed by atoms with van der Waals surface area (Å²) >= 11 is 0. The summed E-state index contributed by atoms with van der Waals surface area (Å²) in [6.07, 6.45) is 11.8. The van der Waals surface area contributed by atoms with Crippen LogP contribution in [0.3, 0.4) is 0 Å². The molecule has 0 aliphatic heterocycles. The third-order valence-corrected chi connectivity index (χ3v) is 6.09. The van der Waals surface area contributed by atoms with E-state index in [0.717, 1.165) is 43.6 Å². The highest BCUT2D eigenvalue weighted by Gasteiger charge is 2.16. The molecule has 1 aromatic heterocycles. The Hall–Kier alpha value is -1.45. The molecule has 0 amide bonds. The number of fused-ring (bicyclic) bond motifs is 2. The number of aryl methyl sites for hydroxylation is 2. The Balaban J connectivity index is 1.69. The van der Waals surface area contributed by atoms with Crippen LogP contribution in [0.25, 0.3) is 10.9 Å². The topological polar surface area (TPSA) is 36.4 Å². The number of nitrogens with zero attached hydrogens (tertiary/aromatic N) is 2. The van der Waals surface area contributed by atoms with Crippen molar-refractivity contribution in [2.24, 2.45) is 0 Å². The minimum absolute atomic E-state index is 0.439. The van der Waals surface area contributed by atoms with Crippen LogP contribution in [0.15, 0.2) is 24.3 Å². The number of aromatic nitrogens is 1. The molecule has 28 heavy (non-hydrogen) atoms. The van der Waals surface area contributed by atoms with Crippen LogP contribution in [-0.2, 0) is 12.8 Å². The highest BCUT2D eigenvalue weighted by Crippen LogP contribution is 2.26. The number of aliphatic hydroxyl groups is 1. The maximum absolute atomic E-state index is 10.9. The van der Waals surface area contributed by atoms with Gasteiger partial charge in [-0.3, -0.25) is 4.98 Å². The summed E-state index contributed by atoms with van der Waals surface area (Å²) in [4.78, 5) is 7.39. The summed E-state index contributed by atoms with van der Waals surface area (Å²) in [6.45, 7) is 7.40. The summed E-state index contributed by atoms with van der Waals surface area (Å²) in [5, 5.41) is 12.1. The van der Waals surface area contributed by atoms with Crippen LogP contribution in [0, 0.1) is 0 Å². The fourth-order valence-corrected chi connectivity index (χ4v) is 4.33. The van der Waals surface area contributed by atoms with Crippen LogP contribution < -0.4 is 0 Å². The van der Waals surface area contributed by atoms with Gasteiger partial charge in [0.2, 0.25) is 0 Å². The molecule has 1 aromatic carbocycles. The van der Waals surface area contributed by atoms with Crippen molar-refractivity contribution in [3.8, 4) is 0 Å². The summed E-state index contributed by atoms with van der Waals surface area (Å²) in [5.74, 6) is 0. The Labute approximate surface area is 171 Å². The molecular formula is C25H38N2O. The molecule has 0 fully saturated rings. The van der Waals surface area contributed by atoms with Crippen LogP contribution in [0.5, 0.6) is 0 Å². The first-order chi connectivity index (χ1) is 13.7. The highest BCUT2D eigenvalue weighted by molar-refractivity contribution is 5.80. The van der Waals surface area contributed by atoms with Crippen LogP contribution in [0.2, 0.25) is 0 Å². The fraction of sp³-hybridized carbons (Fsp3) is 0.640. The standard InChI is InChI=1S/C25H38N2O/c1-3-5-9-15-27(16-10-6-4-2)19-25(28)22-14-13-21-17-20-11-7-8-12-23(20)26-24(21)18-22/h13-14,17-18,25,28H,3-12,15-16,19H2,1-2H3/t25-/m1/s1. The molecule has 3 heteroatoms. The van der Waals surface area contributed by atoms with Crippen LogP contribution in [0.4, 0.5) is 0 Å². The van der Waals surface area contributed by atoms with Gasteiger partial charge in [0.05, 0.1) is 11.6 Å². The molecule has 0 saturated carbocycles. The predicted octanol–water partition coefficient (Wildman–Crippen LogP) is 5.83. The quantitative estimate of drug-likeness (QED) is 0.497. The Bertz CT molecular complexity index is 733. The van der Waals surface area contributed by atoms with E-state index in [2.05, 4.69) is 43.0 Å². The average Bonchev–Trinajstić information content (AvgIpc) is 2.72. The third kappa shape index (κ3) is 5.78. The number of unbranched alkanes of at least 4 members (excludes halogenated alkanes) is 4. The molecular weight excluding hydrogens is 344 g/mol. The molecule has 1 heterocycles. The van der Waals surface area contributed by atoms with Gasteiger partial charge in [-0.05, 0) is 74.9 Å². The number of hydrogen-bond acceptors (Lipinski definition) is 3. The van der Waals surface area contributed by atoms with E-state index < -0.39 is 6.10 Å². The molecule has 0 spiro atoms. The fourth-order valence-electron chi connectivity index (χ4n) is 4.33. The van der Waals surface area contributed by atoms with Crippen molar-refractivity contribution < 1.29 is 5.11 Å². The molecule has 0 radical (unpaired) electrons. The average molecular weight is 383 g/mol. The van der Waals surface area contributed by atoms with Gasteiger partial charge in [0.25, 0.3) is 0 Å². The Morgan fingerprint density at radius 3 is 2.39 bits per heavy atom. The summed E-state index contributed by atoms with van der Waals surface area (Å²) in [7, 11) is 0. The number of benzene rings is 1. The van der Waals surface area contributed by atoms with E-state index in [4.69, 9.17) is 4.98 Å². The van der Waals surface area contributed by atoms with E-state index in [1.165, 1.54) is 68.0 Å². The lowest BCUT2D eigenvalue weighted by atomic mass is 9.94. The first-order valence-electron chi connectivity index (χ1n) is 11.5. The van der Waals surface area contributed by atoms with Crippen molar-refractivity contribution in [1.82, 2.24) is 9.88 Å². The molecule has 0 saturated heterocycles. The van der Waals surface area contributed by atoms with Gasteiger partial charge in [-0.1, -0.05) is 51.7 Å². The lowest BCUT2D eigenvalue weighted by Crippen LogP contribution is -2.31. The third-order valence-electron chi connectivity index (χ3n) is 6.09. The van der Waals surface area contributed by atoms with Crippen molar-refractivity contribution in [2.45, 2.75) is 84.2 Å². The monoisotopic (exact) mass is 382 g/mol. The van der Waals surface area contributed by atoms with Gasteiger partial charge in [-0.25, -0.2) is 0 Å². The Morgan fingerprint density at radius 1 is 0.964 bits per heavy atom. The van der Waals surface area contributed by atoms with Crippen LogP contribution in [-0.4, -0.2) is 34.6 Å². The minimum Gasteiger partial charge on any atom is -0.387 e. The summed E-state index contributed by atoms with van der Waals surface area (Å²) in [5.41, 5.74) is 4.74. The molecule has 0 unspecified atom stereocenters. The first-order valence-corrected chi connectivity index (χ1v) is 11.5. The predicted molar refractivity (Wildman–Crippen MR) is 119 cm³/mol. The van der Waals surface area contributed by atoms with Gasteiger partial charge in [-0.2, -0.15) is 0 Å². The number of pyridine rings is 1. The zero-order valence-electron chi connectivity index (χ0n) is 17.9. The number of hydrogen-bond donors (Lipinski definition) is 1. The largest absolute Gasteiger partial charge is 0.387 e. The molecule has 154 valence electrons. The second-order valence-electron chi connectivity index (χ2n) is 8.48. The lowest BCUT2D eigenvalue weighted by molar-refractivity contribution is 0.110. The minimum atomic E-state index is -0.439. The van der Waals surface area contributed by atoms with Crippen molar-refractivity contribution in [1.29, 1.82) is 0 Å². The van der Waals surface area contributed by atoms with Gasteiger partial charge in [0.1, 0.15) is 0 Å². The second kappa shape index (κ2) is 10.9. The van der Waals surface area contributed by atoms with Gasteiger partial charge in [-0.15, -0.1) is 0 Å². The molecule has 3 rings (SSSR count). The molecule has 1 N–H and O–H groups in total. The van der Waals surface area contributed by atoms with E-state index in [-0.39, 0.29) is 0 Å². The van der Waals surface area contributed by atoms with Gasteiger partial charge >= 0.3 is 0 Å². The van der Waals surface area contributed by atoms with Crippen molar-refractivity contribution in [2.75, 3.05) is 19.6 Å². The van der Waals surface area contributed by atoms with Crippen LogP contribution >= 0.6 is 0 Å². The molecule has 1 aliphatic rings. The molecule has 2 aromatic rings. The van der Waals surface area contributed by atoms with E-state index in [0.29, 0.717) is 0 Å². The van der Waals surface area contributed by atoms with Gasteiger partial charge < -0.3 is 10.0 Å². The zero-order chi connectivity index (χ0) is 19.8. The SMILES string of the molecule is CCCCCN(CCCCC)C[C@@H](O)c1ccc2cc3c(nc2c1)CCCC3. The summed E-state index contributed by atoms with van der Waals surface area (Å²) < 4.78 is 0. The van der Waals surface area contributed by atoms with Gasteiger partial charge in [0.15, 0.2) is 0 Å². The summed E-state index contributed by atoms with van der Waals surface area (Å²) in [6, 6.07) is 8.67. The first kappa shape index (κ1) is 21.3. The van der Waals surface area contributed by atoms with E-state index in [9.17, 15) is 5.11 Å². The Kier molecular flexibility index (Phi) is 8.29. The smallest absolute Gasteiger partial charge is 0.0917 e. The van der Waals surface area contributed by atoms with E-state index in [1.54, 1.807) is 0 Å². The molecule has 1 atom stereocenters. The molecule has 1 aliphatic carbocycles. The lowest BCUT2D eigenvalue weighted by Gasteiger charge is -2.25. The second-order valence-corrected chi connectivity index (χ2v) is 8.48. The van der Waals surface area contributed by atoms with Crippen molar-refractivity contribution in [3.63, 3.8) is 0 Å². The van der Waals surface area contributed by atoms with Gasteiger partial charge in [0, 0.05) is 17.6 Å². The van der Waals surface area contributed by atoms with E-state index in [1.807, 2.05) is 0 Å². The van der Waals surface area contributed by atoms with Crippen molar-refractivity contribution >= 4 is 10.9 Å². The highest BCUT2D eigenvalue weighted by atomic mass is 16.3. The molecule has 3 nitrogen and oxygen atoms in total. The maximum Gasteiger partial charge on any atom is 0.0917 e. The Morgan fingerprint density at radius 2 is 1.68 bits per heavy atom. The maximum atomic E-state index is 10.9. The molecule has 0 bridgehead atoms. The van der Waals surface area contributed by atoms with Crippen LogP contribution in [0.1, 0.15) is 88.1 Å².